The number of ether oxygens (including phenoxy) is 1. The highest BCUT2D eigenvalue weighted by molar-refractivity contribution is 5.87. The van der Waals surface area contributed by atoms with Gasteiger partial charge in [-0.1, -0.05) is 0 Å². The smallest absolute Gasteiger partial charge is 0.408 e. The third-order valence-corrected chi connectivity index (χ3v) is 6.78. The minimum Gasteiger partial charge on any atom is -0.465 e. The molecule has 0 radical (unpaired) electrons. The van der Waals surface area contributed by atoms with Gasteiger partial charge in [0.2, 0.25) is 11.8 Å². The summed E-state index contributed by atoms with van der Waals surface area (Å²) in [6.07, 6.45) is 1.62. The van der Waals surface area contributed by atoms with Crippen LogP contribution in [0.2, 0.25) is 0 Å². The number of fused-ring (bicyclic) bond motifs is 1. The first-order valence-corrected chi connectivity index (χ1v) is 9.71. The number of likely N-dealkylation sites (tertiary alicyclic amines) is 1. The molecule has 3 saturated heterocycles. The molecule has 0 unspecified atom stereocenters. The van der Waals surface area contributed by atoms with Crippen LogP contribution in [0.15, 0.2) is 0 Å². The topological polar surface area (TPSA) is 111 Å². The number of β-amino-alcohol motifs (C(OH)–C–C–N with tert-alkyl or cyclic N) is 1. The first-order valence-electron chi connectivity index (χ1n) is 9.71. The van der Waals surface area contributed by atoms with E-state index in [9.17, 15) is 24.6 Å². The van der Waals surface area contributed by atoms with Gasteiger partial charge in [0.25, 0.3) is 0 Å². The number of hydrogen-bond acceptors (Lipinski definition) is 5. The van der Waals surface area contributed by atoms with Gasteiger partial charge in [-0.05, 0) is 38.0 Å². The third-order valence-electron chi connectivity index (χ3n) is 6.78. The molecule has 1 saturated carbocycles. The summed E-state index contributed by atoms with van der Waals surface area (Å²) in [6.45, 7) is 3.11. The van der Waals surface area contributed by atoms with E-state index in [0.29, 0.717) is 32.5 Å². The number of piperidine rings is 1. The van der Waals surface area contributed by atoms with Crippen LogP contribution < -0.4 is 0 Å². The number of hydrogen-bond donors (Lipinski definition) is 2. The molecule has 2 N–H and O–H groups in total. The zero-order chi connectivity index (χ0) is 19.3. The minimum atomic E-state index is -1.13. The van der Waals surface area contributed by atoms with Crippen LogP contribution in [-0.2, 0) is 14.3 Å². The van der Waals surface area contributed by atoms with E-state index < -0.39 is 24.5 Å². The van der Waals surface area contributed by atoms with E-state index >= 15 is 0 Å². The zero-order valence-electron chi connectivity index (χ0n) is 15.5. The van der Waals surface area contributed by atoms with Crippen molar-refractivity contribution >= 4 is 17.9 Å². The molecule has 1 aliphatic carbocycles. The van der Waals surface area contributed by atoms with Crippen LogP contribution in [0.3, 0.4) is 0 Å². The van der Waals surface area contributed by atoms with Crippen LogP contribution in [0, 0.1) is 5.41 Å². The highest BCUT2D eigenvalue weighted by atomic mass is 16.5. The minimum absolute atomic E-state index is 0.00216. The Hall–Kier alpha value is -1.87. The lowest BCUT2D eigenvalue weighted by Gasteiger charge is -2.41. The molecule has 4 atom stereocenters. The molecular weight excluding hydrogens is 354 g/mol. The Labute approximate surface area is 157 Å². The fourth-order valence-electron chi connectivity index (χ4n) is 4.66. The van der Waals surface area contributed by atoms with Crippen LogP contribution in [0.4, 0.5) is 4.79 Å². The van der Waals surface area contributed by atoms with Crippen molar-refractivity contribution in [3.05, 3.63) is 0 Å². The largest absolute Gasteiger partial charge is 0.465 e. The number of carboxylic acid groups (broad SMARTS) is 1. The van der Waals surface area contributed by atoms with Crippen LogP contribution in [-0.4, -0.2) is 93.5 Å². The number of rotatable bonds is 3. The van der Waals surface area contributed by atoms with Crippen molar-refractivity contribution in [1.82, 2.24) is 14.7 Å². The number of aliphatic hydroxyl groups excluding tert-OH is 1. The fraction of sp³-hybridized carbons (Fsp3) is 0.833. The Morgan fingerprint density at radius 1 is 1.26 bits per heavy atom. The highest BCUT2D eigenvalue weighted by Crippen LogP contribution is 2.53. The Morgan fingerprint density at radius 3 is 2.63 bits per heavy atom. The number of carbonyl (C=O) groups excluding carboxylic acids is 2. The molecule has 27 heavy (non-hydrogen) atoms. The second kappa shape index (κ2) is 6.63. The zero-order valence-corrected chi connectivity index (χ0v) is 15.5. The molecule has 9 nitrogen and oxygen atoms in total. The lowest BCUT2D eigenvalue weighted by Crippen LogP contribution is -2.61. The predicted molar refractivity (Wildman–Crippen MR) is 92.7 cm³/mol. The molecular formula is C18H27N3O6. The molecule has 150 valence electrons. The van der Waals surface area contributed by atoms with Gasteiger partial charge < -0.3 is 24.7 Å². The Bertz CT molecular complexity index is 651. The quantitative estimate of drug-likeness (QED) is 0.716. The molecule has 9 heteroatoms. The third kappa shape index (κ3) is 3.16. The normalized spacial score (nSPS) is 34.7. The number of nitrogens with zero attached hydrogens (tertiary/aromatic N) is 3. The van der Waals surface area contributed by atoms with Crippen molar-refractivity contribution in [1.29, 1.82) is 0 Å². The van der Waals surface area contributed by atoms with Crippen LogP contribution in [0.25, 0.3) is 0 Å². The van der Waals surface area contributed by atoms with Gasteiger partial charge in [-0.15, -0.1) is 0 Å². The maximum Gasteiger partial charge on any atom is 0.408 e. The first-order chi connectivity index (χ1) is 12.8. The van der Waals surface area contributed by atoms with Gasteiger partial charge in [0.15, 0.2) is 6.23 Å². The maximum absolute atomic E-state index is 12.6. The van der Waals surface area contributed by atoms with Crippen molar-refractivity contribution < 1.29 is 29.3 Å². The summed E-state index contributed by atoms with van der Waals surface area (Å²) in [5, 5.41) is 19.5. The van der Waals surface area contributed by atoms with Gasteiger partial charge in [0.05, 0.1) is 25.3 Å². The summed E-state index contributed by atoms with van der Waals surface area (Å²) in [4.78, 5) is 40.9. The van der Waals surface area contributed by atoms with Crippen LogP contribution in [0.1, 0.15) is 39.0 Å². The highest BCUT2D eigenvalue weighted by Gasteiger charge is 2.52. The van der Waals surface area contributed by atoms with Crippen molar-refractivity contribution in [2.24, 2.45) is 5.41 Å². The molecule has 3 heterocycles. The van der Waals surface area contributed by atoms with Crippen LogP contribution in [0.5, 0.6) is 0 Å². The molecule has 0 aromatic heterocycles. The SMILES string of the molecule is C[C@H]1C(=O)N2[C@@H](CCC(=O)N3CCC4(CC4)[C@H](O)C3)CO[C@H]2CN1C(=O)O. The molecule has 1 spiro atoms. The number of amides is 3. The van der Waals surface area contributed by atoms with E-state index in [0.717, 1.165) is 24.2 Å². The average molecular weight is 381 g/mol. The summed E-state index contributed by atoms with van der Waals surface area (Å²) in [7, 11) is 0. The molecule has 4 rings (SSSR count). The van der Waals surface area contributed by atoms with Crippen molar-refractivity contribution in [3.63, 3.8) is 0 Å². The molecule has 4 fully saturated rings. The van der Waals surface area contributed by atoms with Crippen molar-refractivity contribution in [2.75, 3.05) is 26.2 Å². The molecule has 0 bridgehead atoms. The summed E-state index contributed by atoms with van der Waals surface area (Å²) in [5.41, 5.74) is 0.0651. The van der Waals surface area contributed by atoms with E-state index in [1.807, 2.05) is 0 Å². The number of piperazine rings is 1. The Kier molecular flexibility index (Phi) is 4.54. The lowest BCUT2D eigenvalue weighted by atomic mass is 9.90. The summed E-state index contributed by atoms with van der Waals surface area (Å²) in [6, 6.07) is -0.958. The van der Waals surface area contributed by atoms with Gasteiger partial charge in [0.1, 0.15) is 6.04 Å². The second-order valence-electron chi connectivity index (χ2n) is 8.30. The van der Waals surface area contributed by atoms with E-state index in [-0.39, 0.29) is 29.8 Å². The monoisotopic (exact) mass is 381 g/mol. The Balaban J connectivity index is 1.32. The molecule has 4 aliphatic rings. The predicted octanol–water partition coefficient (Wildman–Crippen LogP) is 0.0756. The fourth-order valence-corrected chi connectivity index (χ4v) is 4.66. The Morgan fingerprint density at radius 2 is 2.00 bits per heavy atom. The van der Waals surface area contributed by atoms with Gasteiger partial charge in [-0.3, -0.25) is 14.5 Å². The lowest BCUT2D eigenvalue weighted by molar-refractivity contribution is -0.152. The van der Waals surface area contributed by atoms with Crippen molar-refractivity contribution in [3.8, 4) is 0 Å². The molecule has 0 aromatic carbocycles. The van der Waals surface area contributed by atoms with Gasteiger partial charge in [-0.2, -0.15) is 0 Å². The van der Waals surface area contributed by atoms with Crippen LogP contribution >= 0.6 is 0 Å². The molecule has 3 amide bonds. The summed E-state index contributed by atoms with van der Waals surface area (Å²) in [5.74, 6) is -0.273. The average Bonchev–Trinajstić information content (AvgIpc) is 3.30. The van der Waals surface area contributed by atoms with Gasteiger partial charge in [-0.25, -0.2) is 4.79 Å². The summed E-state index contributed by atoms with van der Waals surface area (Å²) < 4.78 is 5.63. The number of aliphatic hydroxyl groups is 1. The second-order valence-corrected chi connectivity index (χ2v) is 8.30. The van der Waals surface area contributed by atoms with E-state index in [1.54, 1.807) is 16.7 Å². The van der Waals surface area contributed by atoms with Crippen molar-refractivity contribution in [2.45, 2.75) is 63.4 Å². The van der Waals surface area contributed by atoms with Gasteiger partial charge in [0, 0.05) is 19.5 Å². The maximum atomic E-state index is 12.6. The summed E-state index contributed by atoms with van der Waals surface area (Å²) >= 11 is 0. The molecule has 0 aromatic rings. The first kappa shape index (κ1) is 18.5. The standard InChI is InChI=1S/C18H27N3O6/c1-11-16(24)21-12(10-27-15(21)9-20(11)17(25)26)2-3-14(23)19-7-6-18(4-5-18)13(22)8-19/h11-13,15,22H,2-10H2,1H3,(H,25,26)/t11-,12-,13+,15-/m0/s1. The van der Waals surface area contributed by atoms with E-state index in [4.69, 9.17) is 4.74 Å². The number of carbonyl (C=O) groups is 3. The van der Waals surface area contributed by atoms with Gasteiger partial charge >= 0.3 is 6.09 Å². The molecule has 3 aliphatic heterocycles. The van der Waals surface area contributed by atoms with E-state index in [1.165, 1.54) is 0 Å². The van der Waals surface area contributed by atoms with E-state index in [2.05, 4.69) is 0 Å².